The summed E-state index contributed by atoms with van der Waals surface area (Å²) in [6, 6.07) is 8.17. The Kier molecular flexibility index (Phi) is 3.98. The van der Waals surface area contributed by atoms with Gasteiger partial charge in [-0.2, -0.15) is 5.26 Å². The molecule has 1 fully saturated rings. The van der Waals surface area contributed by atoms with Gasteiger partial charge in [-0.05, 0) is 30.9 Å². The molecule has 0 radical (unpaired) electrons. The molecule has 1 N–H and O–H groups in total. The second kappa shape index (κ2) is 5.67. The molecule has 1 aromatic heterocycles. The molecule has 1 aromatic rings. The third-order valence-corrected chi connectivity index (χ3v) is 3.63. The molecule has 2 rings (SSSR count). The highest BCUT2D eigenvalue weighted by molar-refractivity contribution is 5.39. The minimum Gasteiger partial charge on any atom is -0.367 e. The van der Waals surface area contributed by atoms with Crippen molar-refractivity contribution in [1.82, 2.24) is 4.98 Å². The SMILES string of the molecule is CCC1CCCCC1Nc1cccc(C#N)n1. The molecular formula is C14H19N3. The molecule has 0 amide bonds. The van der Waals surface area contributed by atoms with Crippen molar-refractivity contribution in [2.75, 3.05) is 5.32 Å². The number of rotatable bonds is 3. The Hall–Kier alpha value is -1.56. The van der Waals surface area contributed by atoms with Crippen LogP contribution >= 0.6 is 0 Å². The molecule has 17 heavy (non-hydrogen) atoms. The van der Waals surface area contributed by atoms with E-state index in [4.69, 9.17) is 5.26 Å². The van der Waals surface area contributed by atoms with E-state index in [9.17, 15) is 0 Å². The average molecular weight is 229 g/mol. The first kappa shape index (κ1) is 11.9. The molecule has 0 aromatic carbocycles. The van der Waals surface area contributed by atoms with E-state index in [0.29, 0.717) is 11.7 Å². The normalized spacial score (nSPS) is 24.0. The number of nitriles is 1. The van der Waals surface area contributed by atoms with Gasteiger partial charge in [-0.3, -0.25) is 0 Å². The Bertz CT molecular complexity index is 408. The number of anilines is 1. The van der Waals surface area contributed by atoms with Crippen LogP contribution in [0.15, 0.2) is 18.2 Å². The molecule has 3 nitrogen and oxygen atoms in total. The lowest BCUT2D eigenvalue weighted by molar-refractivity contribution is 0.317. The van der Waals surface area contributed by atoms with Crippen molar-refractivity contribution < 1.29 is 0 Å². The lowest BCUT2D eigenvalue weighted by Crippen LogP contribution is -2.32. The van der Waals surface area contributed by atoms with Crippen LogP contribution in [0.5, 0.6) is 0 Å². The number of hydrogen-bond acceptors (Lipinski definition) is 3. The Labute approximate surface area is 103 Å². The molecule has 2 unspecified atom stereocenters. The second-order valence-electron chi connectivity index (χ2n) is 4.72. The summed E-state index contributed by atoms with van der Waals surface area (Å²) >= 11 is 0. The van der Waals surface area contributed by atoms with Crippen molar-refractivity contribution in [2.24, 2.45) is 5.92 Å². The minimum absolute atomic E-state index is 0.485. The van der Waals surface area contributed by atoms with Crippen LogP contribution in [0.3, 0.4) is 0 Å². The van der Waals surface area contributed by atoms with E-state index >= 15 is 0 Å². The fourth-order valence-corrected chi connectivity index (χ4v) is 2.65. The first-order valence-electron chi connectivity index (χ1n) is 6.47. The van der Waals surface area contributed by atoms with Crippen molar-refractivity contribution in [1.29, 1.82) is 5.26 Å². The molecule has 1 heterocycles. The fraction of sp³-hybridized carbons (Fsp3) is 0.571. The number of nitrogens with zero attached hydrogens (tertiary/aromatic N) is 2. The van der Waals surface area contributed by atoms with E-state index in [2.05, 4.69) is 23.3 Å². The third-order valence-electron chi connectivity index (χ3n) is 3.63. The largest absolute Gasteiger partial charge is 0.367 e. The summed E-state index contributed by atoms with van der Waals surface area (Å²) in [6.45, 7) is 2.25. The van der Waals surface area contributed by atoms with Gasteiger partial charge in [-0.25, -0.2) is 4.98 Å². The zero-order valence-electron chi connectivity index (χ0n) is 10.3. The fourth-order valence-electron chi connectivity index (χ4n) is 2.65. The van der Waals surface area contributed by atoms with Crippen molar-refractivity contribution >= 4 is 5.82 Å². The van der Waals surface area contributed by atoms with E-state index in [-0.39, 0.29) is 0 Å². The molecule has 1 saturated carbocycles. The highest BCUT2D eigenvalue weighted by Gasteiger charge is 2.23. The Morgan fingerprint density at radius 3 is 3.00 bits per heavy atom. The number of aromatic nitrogens is 1. The van der Waals surface area contributed by atoms with E-state index in [1.165, 1.54) is 32.1 Å². The highest BCUT2D eigenvalue weighted by atomic mass is 15.0. The quantitative estimate of drug-likeness (QED) is 0.864. The Morgan fingerprint density at radius 2 is 2.24 bits per heavy atom. The van der Waals surface area contributed by atoms with Crippen LogP contribution in [0, 0.1) is 17.2 Å². The summed E-state index contributed by atoms with van der Waals surface area (Å²) < 4.78 is 0. The molecular weight excluding hydrogens is 210 g/mol. The van der Waals surface area contributed by atoms with Gasteiger partial charge in [0.1, 0.15) is 17.6 Å². The monoisotopic (exact) mass is 229 g/mol. The zero-order chi connectivity index (χ0) is 12.1. The predicted molar refractivity (Wildman–Crippen MR) is 68.6 cm³/mol. The van der Waals surface area contributed by atoms with Gasteiger partial charge in [0.05, 0.1) is 0 Å². The van der Waals surface area contributed by atoms with Crippen LogP contribution in [0.4, 0.5) is 5.82 Å². The van der Waals surface area contributed by atoms with Gasteiger partial charge in [-0.15, -0.1) is 0 Å². The van der Waals surface area contributed by atoms with Crippen LogP contribution in [-0.2, 0) is 0 Å². The maximum Gasteiger partial charge on any atom is 0.142 e. The van der Waals surface area contributed by atoms with E-state index in [1.807, 2.05) is 12.1 Å². The van der Waals surface area contributed by atoms with Gasteiger partial charge in [0, 0.05) is 6.04 Å². The maximum absolute atomic E-state index is 8.83. The van der Waals surface area contributed by atoms with Gasteiger partial charge in [0.2, 0.25) is 0 Å². The van der Waals surface area contributed by atoms with Crippen LogP contribution in [0.25, 0.3) is 0 Å². The van der Waals surface area contributed by atoms with Gasteiger partial charge >= 0.3 is 0 Å². The number of hydrogen-bond donors (Lipinski definition) is 1. The molecule has 1 aliphatic rings. The first-order valence-corrected chi connectivity index (χ1v) is 6.47. The van der Waals surface area contributed by atoms with Gasteiger partial charge in [0.15, 0.2) is 0 Å². The third kappa shape index (κ3) is 2.97. The van der Waals surface area contributed by atoms with Crippen LogP contribution in [0.2, 0.25) is 0 Å². The Morgan fingerprint density at radius 1 is 1.41 bits per heavy atom. The zero-order valence-corrected chi connectivity index (χ0v) is 10.3. The van der Waals surface area contributed by atoms with Crippen LogP contribution in [0.1, 0.15) is 44.7 Å². The molecule has 90 valence electrons. The van der Waals surface area contributed by atoms with Crippen molar-refractivity contribution in [3.63, 3.8) is 0 Å². The molecule has 2 atom stereocenters. The topological polar surface area (TPSA) is 48.7 Å². The molecule has 0 aliphatic heterocycles. The van der Waals surface area contributed by atoms with Gasteiger partial charge in [0.25, 0.3) is 0 Å². The predicted octanol–water partition coefficient (Wildman–Crippen LogP) is 3.33. The minimum atomic E-state index is 0.485. The maximum atomic E-state index is 8.83. The van der Waals surface area contributed by atoms with Gasteiger partial charge in [-0.1, -0.05) is 32.3 Å². The standard InChI is InChI=1S/C14H19N3/c1-2-11-6-3-4-8-13(11)17-14-9-5-7-12(10-15)16-14/h5,7,9,11,13H,2-4,6,8H2,1H3,(H,16,17). The first-order chi connectivity index (χ1) is 8.33. The van der Waals surface area contributed by atoms with E-state index in [1.54, 1.807) is 6.07 Å². The van der Waals surface area contributed by atoms with E-state index < -0.39 is 0 Å². The summed E-state index contributed by atoms with van der Waals surface area (Å²) in [5.41, 5.74) is 0.485. The van der Waals surface area contributed by atoms with Crippen LogP contribution in [-0.4, -0.2) is 11.0 Å². The molecule has 0 spiro atoms. The van der Waals surface area contributed by atoms with Crippen molar-refractivity contribution in [2.45, 2.75) is 45.1 Å². The van der Waals surface area contributed by atoms with Crippen LogP contribution < -0.4 is 5.32 Å². The number of nitrogens with one attached hydrogen (secondary N) is 1. The molecule has 3 heteroatoms. The summed E-state index contributed by atoms with van der Waals surface area (Å²) in [6.07, 6.45) is 6.40. The highest BCUT2D eigenvalue weighted by Crippen LogP contribution is 2.28. The summed E-state index contributed by atoms with van der Waals surface area (Å²) in [4.78, 5) is 4.28. The van der Waals surface area contributed by atoms with Gasteiger partial charge < -0.3 is 5.32 Å². The van der Waals surface area contributed by atoms with Crippen molar-refractivity contribution in [3.05, 3.63) is 23.9 Å². The number of pyridine rings is 1. The Balaban J connectivity index is 2.06. The van der Waals surface area contributed by atoms with Crippen molar-refractivity contribution in [3.8, 4) is 6.07 Å². The van der Waals surface area contributed by atoms with E-state index in [0.717, 1.165) is 11.7 Å². The smallest absolute Gasteiger partial charge is 0.142 e. The molecule has 0 bridgehead atoms. The summed E-state index contributed by atoms with van der Waals surface area (Å²) in [7, 11) is 0. The molecule has 0 saturated heterocycles. The summed E-state index contributed by atoms with van der Waals surface area (Å²) in [5.74, 6) is 1.59. The molecule has 1 aliphatic carbocycles. The summed E-state index contributed by atoms with van der Waals surface area (Å²) in [5, 5.41) is 12.3. The second-order valence-corrected chi connectivity index (χ2v) is 4.72. The average Bonchev–Trinajstić information content (AvgIpc) is 2.39. The lowest BCUT2D eigenvalue weighted by atomic mass is 9.83. The lowest BCUT2D eigenvalue weighted by Gasteiger charge is -2.31.